The van der Waals surface area contributed by atoms with Crippen LogP contribution >= 0.6 is 23.2 Å². The number of rotatable bonds is 18. The fourth-order valence-corrected chi connectivity index (χ4v) is 7.15. The maximum Gasteiger partial charge on any atom is 0.264 e. The van der Waals surface area contributed by atoms with Crippen molar-refractivity contribution in [3.63, 3.8) is 0 Å². The van der Waals surface area contributed by atoms with Crippen molar-refractivity contribution in [2.45, 2.75) is 50.6 Å². The smallest absolute Gasteiger partial charge is 0.264 e. The van der Waals surface area contributed by atoms with Crippen LogP contribution in [0.2, 0.25) is 10.0 Å². The number of halogens is 2. The van der Waals surface area contributed by atoms with E-state index in [9.17, 15) is 18.0 Å². The molecule has 0 saturated carbocycles. The van der Waals surface area contributed by atoms with E-state index >= 15 is 0 Å². The van der Waals surface area contributed by atoms with Crippen molar-refractivity contribution in [2.75, 3.05) is 38.2 Å². The lowest BCUT2D eigenvalue weighted by molar-refractivity contribution is -0.140. The number of ether oxygens (including phenoxy) is 3. The average molecular weight is 757 g/mol. The van der Waals surface area contributed by atoms with Crippen molar-refractivity contribution >= 4 is 50.7 Å². The Morgan fingerprint density at radius 1 is 0.824 bits per heavy atom. The molecule has 1 N–H and O–H groups in total. The molecule has 0 saturated heterocycles. The quantitative estimate of drug-likeness (QED) is 0.107. The van der Waals surface area contributed by atoms with Gasteiger partial charge in [-0.2, -0.15) is 0 Å². The number of amides is 2. The Hall–Kier alpha value is -4.45. The SMILES string of the molecule is CCCCNC(=O)[C@@H](Cc1ccccc1)N(Cc1ccc(Cl)c(Cl)c1)C(=O)CN(c1ccc(OCC)cc1)S(=O)(=O)c1ccc(OC)c(OC)c1. The van der Waals surface area contributed by atoms with Crippen LogP contribution in [-0.2, 0) is 32.6 Å². The summed E-state index contributed by atoms with van der Waals surface area (Å²) < 4.78 is 46.3. The predicted octanol–water partition coefficient (Wildman–Crippen LogP) is 7.16. The third kappa shape index (κ3) is 10.3. The van der Waals surface area contributed by atoms with Gasteiger partial charge in [0, 0.05) is 25.6 Å². The molecule has 0 aliphatic heterocycles. The normalized spacial score (nSPS) is 11.7. The van der Waals surface area contributed by atoms with Gasteiger partial charge in [-0.3, -0.25) is 13.9 Å². The van der Waals surface area contributed by atoms with Gasteiger partial charge in [0.25, 0.3) is 10.0 Å². The molecule has 0 bridgehead atoms. The Balaban J connectivity index is 1.84. The molecule has 2 amide bonds. The number of methoxy groups -OCH3 is 2. The van der Waals surface area contributed by atoms with Crippen molar-refractivity contribution in [1.82, 2.24) is 10.2 Å². The summed E-state index contributed by atoms with van der Waals surface area (Å²) in [6.45, 7) is 4.00. The highest BCUT2D eigenvalue weighted by Gasteiger charge is 2.35. The Kier molecular flexibility index (Phi) is 14.4. The van der Waals surface area contributed by atoms with Crippen LogP contribution < -0.4 is 23.8 Å². The van der Waals surface area contributed by atoms with Crippen molar-refractivity contribution < 1.29 is 32.2 Å². The van der Waals surface area contributed by atoms with E-state index in [0.29, 0.717) is 35.2 Å². The van der Waals surface area contributed by atoms with Gasteiger partial charge in [0.15, 0.2) is 11.5 Å². The molecule has 0 fully saturated rings. The molecule has 51 heavy (non-hydrogen) atoms. The van der Waals surface area contributed by atoms with E-state index in [1.807, 2.05) is 44.2 Å². The van der Waals surface area contributed by atoms with Crippen molar-refractivity contribution in [1.29, 1.82) is 0 Å². The zero-order valence-electron chi connectivity index (χ0n) is 29.1. The van der Waals surface area contributed by atoms with E-state index in [4.69, 9.17) is 37.4 Å². The standard InChI is InChI=1S/C38H43Cl2N3O7S/c1-5-7-21-41-38(45)34(23-27-11-9-8-10-12-27)42(25-28-13-19-32(39)33(40)22-28)37(44)26-43(29-14-16-30(17-15-29)50-6-2)51(46,47)31-18-20-35(48-3)36(24-31)49-4/h8-20,22,24,34H,5-7,21,23,25-26H2,1-4H3,(H,41,45)/t34-/m1/s1. The molecule has 4 aromatic rings. The summed E-state index contributed by atoms with van der Waals surface area (Å²) in [7, 11) is -1.55. The largest absolute Gasteiger partial charge is 0.494 e. The molecule has 13 heteroatoms. The van der Waals surface area contributed by atoms with E-state index in [-0.39, 0.29) is 40.2 Å². The molecule has 0 spiro atoms. The number of carbonyl (C=O) groups excluding carboxylic acids is 2. The third-order valence-electron chi connectivity index (χ3n) is 8.10. The number of unbranched alkanes of at least 4 members (excludes halogenated alkanes) is 1. The Labute approximate surface area is 310 Å². The van der Waals surface area contributed by atoms with Crippen LogP contribution in [0, 0.1) is 0 Å². The number of nitrogens with zero attached hydrogens (tertiary/aromatic N) is 2. The van der Waals surface area contributed by atoms with Crippen molar-refractivity contribution in [2.24, 2.45) is 0 Å². The van der Waals surface area contributed by atoms with Gasteiger partial charge >= 0.3 is 0 Å². The molecule has 10 nitrogen and oxygen atoms in total. The minimum Gasteiger partial charge on any atom is -0.494 e. The first kappa shape index (κ1) is 39.3. The van der Waals surface area contributed by atoms with Crippen LogP contribution in [-0.4, -0.2) is 65.1 Å². The van der Waals surface area contributed by atoms with Crippen molar-refractivity contribution in [3.05, 3.63) is 112 Å². The van der Waals surface area contributed by atoms with Gasteiger partial charge in [0.1, 0.15) is 18.3 Å². The van der Waals surface area contributed by atoms with E-state index in [2.05, 4.69) is 5.32 Å². The lowest BCUT2D eigenvalue weighted by Crippen LogP contribution is -2.53. The minimum absolute atomic E-state index is 0.0536. The van der Waals surface area contributed by atoms with Gasteiger partial charge < -0.3 is 24.4 Å². The Morgan fingerprint density at radius 3 is 2.16 bits per heavy atom. The van der Waals surface area contributed by atoms with Crippen LogP contribution in [0.3, 0.4) is 0 Å². The molecule has 4 aromatic carbocycles. The number of benzene rings is 4. The minimum atomic E-state index is -4.40. The molecule has 272 valence electrons. The van der Waals surface area contributed by atoms with E-state index in [1.165, 1.54) is 37.3 Å². The summed E-state index contributed by atoms with van der Waals surface area (Å²) >= 11 is 12.6. The summed E-state index contributed by atoms with van der Waals surface area (Å²) in [5.74, 6) is 0.0841. The average Bonchev–Trinajstić information content (AvgIpc) is 3.14. The summed E-state index contributed by atoms with van der Waals surface area (Å²) in [5.41, 5.74) is 1.64. The lowest BCUT2D eigenvalue weighted by atomic mass is 10.0. The molecule has 0 unspecified atom stereocenters. The lowest BCUT2D eigenvalue weighted by Gasteiger charge is -2.34. The molecule has 1 atom stereocenters. The number of hydrogen-bond acceptors (Lipinski definition) is 7. The molecular weight excluding hydrogens is 713 g/mol. The van der Waals surface area contributed by atoms with E-state index in [1.54, 1.807) is 42.5 Å². The monoisotopic (exact) mass is 755 g/mol. The fraction of sp³-hybridized carbons (Fsp3) is 0.316. The summed E-state index contributed by atoms with van der Waals surface area (Å²) in [4.78, 5) is 30.0. The van der Waals surface area contributed by atoms with Crippen molar-refractivity contribution in [3.8, 4) is 17.2 Å². The number of anilines is 1. The maximum atomic E-state index is 14.7. The second-order valence-electron chi connectivity index (χ2n) is 11.6. The third-order valence-corrected chi connectivity index (χ3v) is 10.6. The molecule has 0 aromatic heterocycles. The first-order valence-corrected chi connectivity index (χ1v) is 18.7. The van der Waals surface area contributed by atoms with Gasteiger partial charge in [0.2, 0.25) is 11.8 Å². The highest BCUT2D eigenvalue weighted by molar-refractivity contribution is 7.92. The topological polar surface area (TPSA) is 114 Å². The molecule has 0 aliphatic rings. The first-order valence-electron chi connectivity index (χ1n) is 16.5. The first-order chi connectivity index (χ1) is 24.5. The number of carbonyl (C=O) groups is 2. The van der Waals surface area contributed by atoms with Crippen LogP contribution in [0.15, 0.2) is 95.9 Å². The zero-order valence-corrected chi connectivity index (χ0v) is 31.4. The fourth-order valence-electron chi connectivity index (χ4n) is 5.40. The second kappa shape index (κ2) is 18.7. The molecule has 0 radical (unpaired) electrons. The number of nitrogens with one attached hydrogen (secondary N) is 1. The molecular formula is C38H43Cl2N3O7S. The van der Waals surface area contributed by atoms with Crippen LogP contribution in [0.25, 0.3) is 0 Å². The van der Waals surface area contributed by atoms with E-state index in [0.717, 1.165) is 22.7 Å². The molecule has 4 rings (SSSR count). The van der Waals surface area contributed by atoms with Crippen LogP contribution in [0.1, 0.15) is 37.8 Å². The summed E-state index contributed by atoms with van der Waals surface area (Å²) in [5, 5.41) is 3.59. The van der Waals surface area contributed by atoms with Gasteiger partial charge in [-0.15, -0.1) is 0 Å². The molecule has 0 aliphatic carbocycles. The number of sulfonamides is 1. The van der Waals surface area contributed by atoms with Gasteiger partial charge in [0.05, 0.1) is 41.5 Å². The Bertz CT molecular complexity index is 1880. The highest BCUT2D eigenvalue weighted by atomic mass is 35.5. The predicted molar refractivity (Wildman–Crippen MR) is 201 cm³/mol. The summed E-state index contributed by atoms with van der Waals surface area (Å²) in [6, 6.07) is 23.9. The van der Waals surface area contributed by atoms with Crippen LogP contribution in [0.5, 0.6) is 17.2 Å². The number of hydrogen-bond donors (Lipinski definition) is 1. The van der Waals surface area contributed by atoms with Crippen LogP contribution in [0.4, 0.5) is 5.69 Å². The highest BCUT2D eigenvalue weighted by Crippen LogP contribution is 2.33. The molecule has 0 heterocycles. The van der Waals surface area contributed by atoms with Gasteiger partial charge in [-0.25, -0.2) is 8.42 Å². The second-order valence-corrected chi connectivity index (χ2v) is 14.3. The Morgan fingerprint density at radius 2 is 1.53 bits per heavy atom. The van der Waals surface area contributed by atoms with E-state index < -0.39 is 28.5 Å². The maximum absolute atomic E-state index is 14.7. The zero-order chi connectivity index (χ0) is 37.0. The van der Waals surface area contributed by atoms with Gasteiger partial charge in [-0.05, 0) is 73.0 Å². The summed E-state index contributed by atoms with van der Waals surface area (Å²) in [6.07, 6.45) is 1.79. The van der Waals surface area contributed by atoms with Gasteiger partial charge in [-0.1, -0.05) is 72.9 Å².